The molecular weight excluding hydrogens is 388 g/mol. The minimum Gasteiger partial charge on any atom is -0.464 e. The van der Waals surface area contributed by atoms with Crippen molar-refractivity contribution in [1.82, 2.24) is 10.2 Å². The van der Waals surface area contributed by atoms with Crippen molar-refractivity contribution in [3.63, 3.8) is 0 Å². The lowest BCUT2D eigenvalue weighted by Gasteiger charge is -2.43. The van der Waals surface area contributed by atoms with Gasteiger partial charge >= 0.3 is 16.4 Å². The van der Waals surface area contributed by atoms with Crippen molar-refractivity contribution in [2.24, 2.45) is 5.92 Å². The number of hydrogen-bond donors (Lipinski definition) is 2. The van der Waals surface area contributed by atoms with Crippen LogP contribution in [-0.2, 0) is 33.7 Å². The van der Waals surface area contributed by atoms with Crippen molar-refractivity contribution in [2.45, 2.75) is 25.8 Å². The number of thioether (sulfide) groups is 1. The number of carbonyl (C=O) groups is 3. The summed E-state index contributed by atoms with van der Waals surface area (Å²) < 4.78 is 38.7. The molecule has 0 aromatic carbocycles. The number of amides is 2. The van der Waals surface area contributed by atoms with Crippen molar-refractivity contribution in [3.8, 4) is 0 Å². The molecule has 0 radical (unpaired) electrons. The normalized spacial score (nSPS) is 22.4. The maximum Gasteiger partial charge on any atom is 0.397 e. The average Bonchev–Trinajstić information content (AvgIpc) is 2.89. The standard InChI is InChI=1S/C14H18N2O8S2/c1-8(17)15-4-6-25-11-7-10-9(3-5-24-26(20,21)22)13(18)16(10)12(11)14(19)23-2/h4,6,9-10H,3,5,7H2,1-2H3,(H,15,17)(H,20,21,22)/b6-4+/t9-,10-/m1/s1. The van der Waals surface area contributed by atoms with Crippen LogP contribution < -0.4 is 5.32 Å². The van der Waals surface area contributed by atoms with Gasteiger partial charge in [0.2, 0.25) is 11.8 Å². The Morgan fingerprint density at radius 1 is 1.46 bits per heavy atom. The molecule has 2 amide bonds. The molecule has 10 nitrogen and oxygen atoms in total. The number of fused-ring (bicyclic) bond motifs is 1. The van der Waals surface area contributed by atoms with E-state index in [1.54, 1.807) is 5.41 Å². The maximum atomic E-state index is 12.3. The van der Waals surface area contributed by atoms with E-state index < -0.39 is 22.3 Å². The Bertz CT molecular complexity index is 774. The number of carbonyl (C=O) groups excluding carboxylic acids is 3. The minimum atomic E-state index is -4.56. The highest BCUT2D eigenvalue weighted by Gasteiger charge is 2.54. The zero-order chi connectivity index (χ0) is 19.5. The van der Waals surface area contributed by atoms with Crippen LogP contribution in [0.3, 0.4) is 0 Å². The number of nitrogens with one attached hydrogen (secondary N) is 1. The van der Waals surface area contributed by atoms with Crippen LogP contribution in [0.15, 0.2) is 22.2 Å². The van der Waals surface area contributed by atoms with Crippen LogP contribution in [0.25, 0.3) is 0 Å². The zero-order valence-corrected chi connectivity index (χ0v) is 15.6. The second kappa shape index (κ2) is 8.20. The zero-order valence-electron chi connectivity index (χ0n) is 14.0. The Morgan fingerprint density at radius 2 is 2.15 bits per heavy atom. The summed E-state index contributed by atoms with van der Waals surface area (Å²) in [6, 6.07) is -0.307. The van der Waals surface area contributed by atoms with E-state index in [4.69, 9.17) is 9.29 Å². The first-order valence-electron chi connectivity index (χ1n) is 7.51. The summed E-state index contributed by atoms with van der Waals surface area (Å²) in [4.78, 5) is 37.1. The molecule has 0 aromatic rings. The molecule has 144 valence electrons. The van der Waals surface area contributed by atoms with Gasteiger partial charge in [0.1, 0.15) is 5.70 Å². The molecule has 2 heterocycles. The highest BCUT2D eigenvalue weighted by molar-refractivity contribution is 8.05. The molecule has 0 aliphatic carbocycles. The van der Waals surface area contributed by atoms with Gasteiger partial charge in [-0.25, -0.2) is 8.98 Å². The smallest absolute Gasteiger partial charge is 0.397 e. The SMILES string of the molecule is COC(=O)C1=C(S/C=C/NC(C)=O)C[C@@H]2[C@@H](CCOS(=O)(=O)O)C(=O)N12. The summed E-state index contributed by atoms with van der Waals surface area (Å²) in [6.07, 6.45) is 1.90. The van der Waals surface area contributed by atoms with Crippen LogP contribution in [0.5, 0.6) is 0 Å². The Kier molecular flexibility index (Phi) is 6.44. The lowest BCUT2D eigenvalue weighted by atomic mass is 9.85. The van der Waals surface area contributed by atoms with Gasteiger partial charge in [0.05, 0.1) is 25.7 Å². The molecule has 2 aliphatic heterocycles. The van der Waals surface area contributed by atoms with E-state index in [1.165, 1.54) is 36.9 Å². The third-order valence-electron chi connectivity index (χ3n) is 3.86. The summed E-state index contributed by atoms with van der Waals surface area (Å²) >= 11 is 1.18. The number of nitrogens with zero attached hydrogens (tertiary/aromatic N) is 1. The van der Waals surface area contributed by atoms with Crippen molar-refractivity contribution in [2.75, 3.05) is 13.7 Å². The molecule has 2 atom stereocenters. The summed E-state index contributed by atoms with van der Waals surface area (Å²) in [7, 11) is -3.35. The highest BCUT2D eigenvalue weighted by atomic mass is 32.3. The Hall–Kier alpha value is -1.89. The monoisotopic (exact) mass is 406 g/mol. The number of hydrogen-bond acceptors (Lipinski definition) is 8. The average molecular weight is 406 g/mol. The van der Waals surface area contributed by atoms with Crippen LogP contribution in [0.1, 0.15) is 19.8 Å². The van der Waals surface area contributed by atoms with E-state index in [1.807, 2.05) is 0 Å². The molecule has 2 aliphatic rings. The van der Waals surface area contributed by atoms with E-state index in [9.17, 15) is 22.8 Å². The quantitative estimate of drug-likeness (QED) is 0.327. The molecule has 0 saturated carbocycles. The van der Waals surface area contributed by atoms with Crippen LogP contribution in [-0.4, -0.2) is 55.4 Å². The van der Waals surface area contributed by atoms with Crippen LogP contribution in [0.4, 0.5) is 0 Å². The fourth-order valence-corrected chi connectivity index (χ4v) is 3.98. The summed E-state index contributed by atoms with van der Waals surface area (Å²) in [5, 5.41) is 4.04. The Morgan fingerprint density at radius 3 is 2.73 bits per heavy atom. The first-order valence-corrected chi connectivity index (χ1v) is 9.75. The summed E-state index contributed by atoms with van der Waals surface area (Å²) in [6.45, 7) is 1.02. The molecule has 2 N–H and O–H groups in total. The second-order valence-corrected chi connectivity index (χ2v) is 7.60. The molecular formula is C14H18N2O8S2. The second-order valence-electron chi connectivity index (χ2n) is 5.51. The molecule has 12 heteroatoms. The van der Waals surface area contributed by atoms with Gasteiger partial charge in [-0.1, -0.05) is 11.8 Å². The van der Waals surface area contributed by atoms with Crippen molar-refractivity contribution in [3.05, 3.63) is 22.2 Å². The van der Waals surface area contributed by atoms with E-state index in [2.05, 4.69) is 9.50 Å². The Balaban J connectivity index is 2.06. The number of methoxy groups -OCH3 is 1. The largest absolute Gasteiger partial charge is 0.464 e. The molecule has 26 heavy (non-hydrogen) atoms. The molecule has 0 unspecified atom stereocenters. The lowest BCUT2D eigenvalue weighted by molar-refractivity contribution is -0.156. The van der Waals surface area contributed by atoms with E-state index in [0.29, 0.717) is 11.3 Å². The van der Waals surface area contributed by atoms with Gasteiger partial charge in [0.25, 0.3) is 0 Å². The molecule has 0 spiro atoms. The van der Waals surface area contributed by atoms with Crippen LogP contribution in [0.2, 0.25) is 0 Å². The van der Waals surface area contributed by atoms with Crippen LogP contribution >= 0.6 is 11.8 Å². The highest BCUT2D eigenvalue weighted by Crippen LogP contribution is 2.47. The van der Waals surface area contributed by atoms with Gasteiger partial charge in [-0.15, -0.1) is 0 Å². The first kappa shape index (κ1) is 20.4. The van der Waals surface area contributed by atoms with Gasteiger partial charge in [-0.2, -0.15) is 8.42 Å². The summed E-state index contributed by atoms with van der Waals surface area (Å²) in [5.74, 6) is -1.75. The fraction of sp³-hybridized carbons (Fsp3) is 0.500. The summed E-state index contributed by atoms with van der Waals surface area (Å²) in [5.41, 5.74) is 0.145. The molecule has 0 aromatic heterocycles. The predicted octanol–water partition coefficient (Wildman–Crippen LogP) is 0.152. The number of rotatable bonds is 8. The van der Waals surface area contributed by atoms with Gasteiger partial charge in [0.15, 0.2) is 0 Å². The van der Waals surface area contributed by atoms with Gasteiger partial charge in [-0.05, 0) is 11.8 Å². The van der Waals surface area contributed by atoms with Gasteiger partial charge in [-0.3, -0.25) is 14.1 Å². The first-order chi connectivity index (χ1) is 12.2. The van der Waals surface area contributed by atoms with Crippen molar-refractivity contribution >= 4 is 39.9 Å². The number of β-lactam (4-membered cyclic amide) rings is 1. The maximum absolute atomic E-state index is 12.3. The predicted molar refractivity (Wildman–Crippen MR) is 90.4 cm³/mol. The number of esters is 1. The fourth-order valence-electron chi connectivity index (χ4n) is 2.81. The van der Waals surface area contributed by atoms with Gasteiger partial charge in [0, 0.05) is 24.4 Å². The Labute approximate surface area is 154 Å². The van der Waals surface area contributed by atoms with E-state index in [-0.39, 0.29) is 36.6 Å². The third-order valence-corrected chi connectivity index (χ3v) is 5.24. The van der Waals surface area contributed by atoms with E-state index in [0.717, 1.165) is 0 Å². The molecule has 1 saturated heterocycles. The van der Waals surface area contributed by atoms with Gasteiger partial charge < -0.3 is 15.0 Å². The van der Waals surface area contributed by atoms with Crippen molar-refractivity contribution < 1.29 is 36.3 Å². The molecule has 0 bridgehead atoms. The molecule has 1 fully saturated rings. The third kappa shape index (κ3) is 4.63. The topological polar surface area (TPSA) is 139 Å². The number of ether oxygens (including phenoxy) is 1. The lowest BCUT2D eigenvalue weighted by Crippen LogP contribution is -2.58. The van der Waals surface area contributed by atoms with Crippen molar-refractivity contribution in [1.29, 1.82) is 0 Å². The molecule has 2 rings (SSSR count). The minimum absolute atomic E-state index is 0.0912. The van der Waals surface area contributed by atoms with E-state index >= 15 is 0 Å². The van der Waals surface area contributed by atoms with Crippen LogP contribution in [0, 0.1) is 5.92 Å².